The summed E-state index contributed by atoms with van der Waals surface area (Å²) >= 11 is 0. The number of benzene rings is 1. The minimum atomic E-state index is -1.35. The Labute approximate surface area is 176 Å². The maximum Gasteiger partial charge on any atom is 0.155 e. The van der Waals surface area contributed by atoms with Crippen LogP contribution < -0.4 is 0 Å². The van der Waals surface area contributed by atoms with Gasteiger partial charge in [0.25, 0.3) is 0 Å². The molecule has 6 nitrogen and oxygen atoms in total. The van der Waals surface area contributed by atoms with Crippen molar-refractivity contribution in [3.05, 3.63) is 65.7 Å². The van der Waals surface area contributed by atoms with Crippen LogP contribution >= 0.6 is 0 Å². The van der Waals surface area contributed by atoms with E-state index in [2.05, 4.69) is 45.3 Å². The first kappa shape index (κ1) is 19.4. The Morgan fingerprint density at radius 3 is 2.73 bits per heavy atom. The van der Waals surface area contributed by atoms with E-state index in [1.54, 1.807) is 13.1 Å². The van der Waals surface area contributed by atoms with E-state index >= 15 is 0 Å². The summed E-state index contributed by atoms with van der Waals surface area (Å²) in [5.74, 6) is 1.05. The third-order valence-corrected chi connectivity index (χ3v) is 7.69. The summed E-state index contributed by atoms with van der Waals surface area (Å²) < 4.78 is 0. The molecule has 1 fully saturated rings. The van der Waals surface area contributed by atoms with Gasteiger partial charge in [0.05, 0.1) is 11.3 Å². The second-order valence-electron chi connectivity index (χ2n) is 9.18. The Morgan fingerprint density at radius 2 is 2.03 bits per heavy atom. The summed E-state index contributed by atoms with van der Waals surface area (Å²) in [6.07, 6.45) is 7.06. The zero-order chi connectivity index (χ0) is 21.0. The van der Waals surface area contributed by atoms with Crippen molar-refractivity contribution >= 4 is 0 Å². The molecule has 2 aromatic heterocycles. The molecule has 0 unspecified atom stereocenters. The summed E-state index contributed by atoms with van der Waals surface area (Å²) in [6.45, 7) is 3.97. The summed E-state index contributed by atoms with van der Waals surface area (Å²) in [4.78, 5) is 8.70. The Balaban J connectivity index is 1.59. The molecule has 2 heterocycles. The highest BCUT2D eigenvalue weighted by Crippen LogP contribution is 2.59. The quantitative estimate of drug-likeness (QED) is 0.621. The monoisotopic (exact) mass is 404 g/mol. The molecule has 2 aliphatic rings. The first-order valence-corrected chi connectivity index (χ1v) is 10.7. The van der Waals surface area contributed by atoms with E-state index in [1.807, 2.05) is 18.2 Å². The van der Waals surface area contributed by atoms with Crippen molar-refractivity contribution in [2.75, 3.05) is 0 Å². The number of H-pyrrole nitrogens is 1. The molecule has 0 aliphatic heterocycles. The number of hydrogen-bond donors (Lipinski definition) is 3. The standard InChI is InChI=1S/C24H28N4O2/c1-3-23-14-22(2,29)24(30,20-6-4-5-11-25-20)13-18(23)9-7-16-12-17(8-10-19(16)23)21-26-15-27-28-21/h4-6,8,10-12,15,18,29-30H,3,7,9,13-14H2,1-2H3,(H,26,27,28)/t18-,22-,23-,24-/m1/s1. The zero-order valence-corrected chi connectivity index (χ0v) is 17.5. The van der Waals surface area contributed by atoms with Crippen LogP contribution in [0.25, 0.3) is 11.4 Å². The van der Waals surface area contributed by atoms with Gasteiger partial charge in [-0.15, -0.1) is 0 Å². The molecule has 30 heavy (non-hydrogen) atoms. The first-order valence-electron chi connectivity index (χ1n) is 10.7. The number of aromatic amines is 1. The van der Waals surface area contributed by atoms with E-state index in [1.165, 1.54) is 17.5 Å². The van der Waals surface area contributed by atoms with Crippen molar-refractivity contribution in [1.82, 2.24) is 20.2 Å². The molecule has 0 spiro atoms. The molecule has 3 aromatic rings. The molecule has 0 amide bonds. The highest BCUT2D eigenvalue weighted by molar-refractivity contribution is 5.58. The molecule has 156 valence electrons. The van der Waals surface area contributed by atoms with Gasteiger partial charge in [0.15, 0.2) is 5.82 Å². The molecule has 0 bridgehead atoms. The van der Waals surface area contributed by atoms with E-state index < -0.39 is 11.2 Å². The molecule has 6 heteroatoms. The fourth-order valence-corrected chi connectivity index (χ4v) is 6.07. The molecule has 2 aliphatic carbocycles. The van der Waals surface area contributed by atoms with Crippen molar-refractivity contribution in [1.29, 1.82) is 0 Å². The fraction of sp³-hybridized carbons (Fsp3) is 0.458. The smallest absolute Gasteiger partial charge is 0.155 e. The largest absolute Gasteiger partial charge is 0.387 e. The average molecular weight is 405 g/mol. The van der Waals surface area contributed by atoms with Crippen LogP contribution in [0.3, 0.4) is 0 Å². The maximum absolute atomic E-state index is 11.7. The minimum absolute atomic E-state index is 0.169. The lowest BCUT2D eigenvalue weighted by atomic mass is 9.49. The predicted molar refractivity (Wildman–Crippen MR) is 114 cm³/mol. The number of rotatable bonds is 3. The van der Waals surface area contributed by atoms with Gasteiger partial charge in [0.2, 0.25) is 0 Å². The van der Waals surface area contributed by atoms with Gasteiger partial charge in [-0.2, -0.15) is 5.10 Å². The number of hydrogen-bond acceptors (Lipinski definition) is 5. The molecule has 1 aromatic carbocycles. The highest BCUT2D eigenvalue weighted by Gasteiger charge is 2.61. The molecule has 4 atom stereocenters. The number of fused-ring (bicyclic) bond motifs is 3. The molecular weight excluding hydrogens is 376 g/mol. The maximum atomic E-state index is 11.7. The Hall–Kier alpha value is -2.57. The van der Waals surface area contributed by atoms with E-state index in [0.717, 1.165) is 30.7 Å². The van der Waals surface area contributed by atoms with Gasteiger partial charge in [-0.1, -0.05) is 25.1 Å². The molecular formula is C24H28N4O2. The number of pyridine rings is 1. The lowest BCUT2D eigenvalue weighted by Gasteiger charge is -2.58. The van der Waals surface area contributed by atoms with Crippen LogP contribution in [0.15, 0.2) is 48.9 Å². The topological polar surface area (TPSA) is 94.9 Å². The average Bonchev–Trinajstić information content (AvgIpc) is 3.29. The van der Waals surface area contributed by atoms with Crippen LogP contribution in [0.1, 0.15) is 56.4 Å². The van der Waals surface area contributed by atoms with Crippen LogP contribution in [-0.4, -0.2) is 36.0 Å². The summed E-state index contributed by atoms with van der Waals surface area (Å²) in [5, 5.41) is 30.2. The van der Waals surface area contributed by atoms with Gasteiger partial charge >= 0.3 is 0 Å². The minimum Gasteiger partial charge on any atom is -0.387 e. The van der Waals surface area contributed by atoms with Crippen molar-refractivity contribution in [3.63, 3.8) is 0 Å². The Bertz CT molecular complexity index is 1050. The number of aryl methyl sites for hydroxylation is 1. The summed E-state index contributed by atoms with van der Waals surface area (Å²) in [7, 11) is 0. The zero-order valence-electron chi connectivity index (χ0n) is 17.5. The van der Waals surface area contributed by atoms with Gasteiger partial charge in [-0.3, -0.25) is 10.1 Å². The third-order valence-electron chi connectivity index (χ3n) is 7.69. The van der Waals surface area contributed by atoms with Crippen LogP contribution in [0.2, 0.25) is 0 Å². The van der Waals surface area contributed by atoms with Crippen molar-refractivity contribution in [3.8, 4) is 11.4 Å². The highest BCUT2D eigenvalue weighted by atomic mass is 16.4. The fourth-order valence-electron chi connectivity index (χ4n) is 6.07. The number of aromatic nitrogens is 4. The van der Waals surface area contributed by atoms with Crippen LogP contribution in [-0.2, 0) is 17.4 Å². The second-order valence-corrected chi connectivity index (χ2v) is 9.18. The molecule has 0 radical (unpaired) electrons. The SMILES string of the molecule is CC[C@@]12C[C@@](C)(O)[C@](O)(c3ccccn3)C[C@H]1CCc1cc(-c3ncn[nH]3)ccc12. The van der Waals surface area contributed by atoms with Gasteiger partial charge in [-0.25, -0.2) is 4.98 Å². The second kappa shape index (κ2) is 6.72. The van der Waals surface area contributed by atoms with E-state index in [4.69, 9.17) is 0 Å². The molecule has 5 rings (SSSR count). The van der Waals surface area contributed by atoms with Gasteiger partial charge in [-0.05, 0) is 74.3 Å². The Morgan fingerprint density at radius 1 is 1.17 bits per heavy atom. The third kappa shape index (κ3) is 2.67. The van der Waals surface area contributed by atoms with Crippen LogP contribution in [0.4, 0.5) is 0 Å². The van der Waals surface area contributed by atoms with Crippen molar-refractivity contribution < 1.29 is 10.2 Å². The summed E-state index contributed by atoms with van der Waals surface area (Å²) in [5.41, 5.74) is 1.39. The number of aliphatic hydroxyl groups is 2. The number of nitrogens with zero attached hydrogens (tertiary/aromatic N) is 3. The van der Waals surface area contributed by atoms with Crippen molar-refractivity contribution in [2.45, 2.75) is 62.6 Å². The molecule has 0 saturated heterocycles. The number of nitrogens with one attached hydrogen (secondary N) is 1. The van der Waals surface area contributed by atoms with Crippen LogP contribution in [0, 0.1) is 5.92 Å². The van der Waals surface area contributed by atoms with Crippen LogP contribution in [0.5, 0.6) is 0 Å². The first-order chi connectivity index (χ1) is 14.4. The van der Waals surface area contributed by atoms with E-state index in [-0.39, 0.29) is 11.3 Å². The lowest BCUT2D eigenvalue weighted by molar-refractivity contribution is -0.207. The van der Waals surface area contributed by atoms with Gasteiger partial charge in [0.1, 0.15) is 11.9 Å². The van der Waals surface area contributed by atoms with Gasteiger partial charge in [0, 0.05) is 17.2 Å². The van der Waals surface area contributed by atoms with Gasteiger partial charge < -0.3 is 10.2 Å². The molecule has 3 N–H and O–H groups in total. The predicted octanol–water partition coefficient (Wildman–Crippen LogP) is 3.51. The van der Waals surface area contributed by atoms with Crippen molar-refractivity contribution in [2.24, 2.45) is 5.92 Å². The summed E-state index contributed by atoms with van der Waals surface area (Å²) in [6, 6.07) is 12.0. The lowest BCUT2D eigenvalue weighted by Crippen LogP contribution is -2.62. The normalized spacial score (nSPS) is 33.0. The van der Waals surface area contributed by atoms with E-state index in [9.17, 15) is 10.2 Å². The van der Waals surface area contributed by atoms with E-state index in [0.29, 0.717) is 18.5 Å². The Kier molecular flexibility index (Phi) is 4.35. The molecule has 1 saturated carbocycles.